The fraction of sp³-hybridized carbons (Fsp3) is 0.500. The van der Waals surface area contributed by atoms with Gasteiger partial charge in [0, 0.05) is 30.7 Å². The lowest BCUT2D eigenvalue weighted by Gasteiger charge is -2.38. The highest BCUT2D eigenvalue weighted by molar-refractivity contribution is 5.93. The molecule has 2 heterocycles. The van der Waals surface area contributed by atoms with Gasteiger partial charge in [-0.1, -0.05) is 6.07 Å². The van der Waals surface area contributed by atoms with Crippen LogP contribution in [-0.4, -0.2) is 31.4 Å². The molecule has 0 radical (unpaired) electrons. The van der Waals surface area contributed by atoms with Crippen molar-refractivity contribution in [3.8, 4) is 0 Å². The van der Waals surface area contributed by atoms with Crippen LogP contribution in [-0.2, 0) is 11.8 Å². The van der Waals surface area contributed by atoms with E-state index >= 15 is 0 Å². The van der Waals surface area contributed by atoms with Crippen LogP contribution in [0, 0.1) is 19.7 Å². The number of fused-ring (bicyclic) bond motifs is 1. The Hall–Kier alpha value is -3.89. The smallest absolute Gasteiger partial charge is 0.407 e. The molecule has 2 aromatic heterocycles. The molecule has 2 N–H and O–H groups in total. The summed E-state index contributed by atoms with van der Waals surface area (Å²) < 4.78 is 24.2. The van der Waals surface area contributed by atoms with Crippen LogP contribution in [0.15, 0.2) is 32.6 Å². The van der Waals surface area contributed by atoms with E-state index in [1.54, 1.807) is 46.8 Å². The Kier molecular flexibility index (Phi) is 6.43. The zero-order valence-corrected chi connectivity index (χ0v) is 23.1. The molecular formula is C28H34FN5O5. The van der Waals surface area contributed by atoms with Gasteiger partial charge in [0.25, 0.3) is 11.1 Å². The summed E-state index contributed by atoms with van der Waals surface area (Å²) in [4.78, 5) is 53.2. The molecule has 11 heteroatoms. The molecule has 0 saturated heterocycles. The second kappa shape index (κ2) is 9.39. The lowest BCUT2D eigenvalue weighted by molar-refractivity contribution is 0.0456. The summed E-state index contributed by atoms with van der Waals surface area (Å²) >= 11 is 0. The van der Waals surface area contributed by atoms with Gasteiger partial charge in [-0.05, 0) is 78.0 Å². The molecule has 2 aliphatic rings. The van der Waals surface area contributed by atoms with Gasteiger partial charge in [0.1, 0.15) is 22.6 Å². The van der Waals surface area contributed by atoms with E-state index in [1.807, 2.05) is 0 Å². The molecule has 0 aliphatic heterocycles. The number of carbonyl (C=O) groups excluding carboxylic acids is 1. The third kappa shape index (κ3) is 4.86. The first-order chi connectivity index (χ1) is 18.3. The van der Waals surface area contributed by atoms with Gasteiger partial charge in [-0.3, -0.25) is 23.3 Å². The van der Waals surface area contributed by atoms with Gasteiger partial charge in [0.2, 0.25) is 0 Å². The normalized spacial score (nSPS) is 19.1. The highest BCUT2D eigenvalue weighted by atomic mass is 19.1. The van der Waals surface area contributed by atoms with Crippen LogP contribution in [0.5, 0.6) is 0 Å². The average Bonchev–Trinajstić information content (AvgIpc) is 3.63. The third-order valence-electron chi connectivity index (χ3n) is 7.36. The molecule has 0 unspecified atom stereocenters. The van der Waals surface area contributed by atoms with Crippen molar-refractivity contribution in [3.05, 3.63) is 66.3 Å². The highest BCUT2D eigenvalue weighted by Gasteiger charge is 2.38. The second-order valence-corrected chi connectivity index (χ2v) is 11.7. The monoisotopic (exact) mass is 539 g/mol. The Balaban J connectivity index is 1.64. The van der Waals surface area contributed by atoms with Gasteiger partial charge in [-0.25, -0.2) is 14.0 Å². The summed E-state index contributed by atoms with van der Waals surface area (Å²) in [6, 6.07) is 3.85. The van der Waals surface area contributed by atoms with E-state index in [1.165, 1.54) is 26.8 Å². The van der Waals surface area contributed by atoms with Crippen molar-refractivity contribution in [2.75, 3.05) is 5.32 Å². The summed E-state index contributed by atoms with van der Waals surface area (Å²) in [7, 11) is 1.52. The summed E-state index contributed by atoms with van der Waals surface area (Å²) in [6.07, 6.45) is 1.73. The van der Waals surface area contributed by atoms with Crippen molar-refractivity contribution in [1.82, 2.24) is 19.0 Å². The molecule has 10 nitrogen and oxygen atoms in total. The molecule has 39 heavy (non-hydrogen) atoms. The van der Waals surface area contributed by atoms with Gasteiger partial charge >= 0.3 is 11.8 Å². The minimum Gasteiger partial charge on any atom is -0.444 e. The maximum absolute atomic E-state index is 14.8. The predicted octanol–water partition coefficient (Wildman–Crippen LogP) is 3.92. The number of hydrogen-bond donors (Lipinski definition) is 2. The number of amides is 1. The summed E-state index contributed by atoms with van der Waals surface area (Å²) in [5, 5.41) is 5.95. The van der Waals surface area contributed by atoms with E-state index in [0.29, 0.717) is 25.7 Å². The number of aryl methyl sites for hydroxylation is 2. The third-order valence-corrected chi connectivity index (χ3v) is 7.36. The van der Waals surface area contributed by atoms with Crippen LogP contribution in [0.2, 0.25) is 0 Å². The predicted molar refractivity (Wildman–Crippen MR) is 147 cm³/mol. The standard InChI is InChI=1S/C28H34FN5O5/c1-14-7-10-20(19(29)11-14)31-23-21-22(15(2)24(35)32(23)6)33(27(38)34(25(21)36)17-8-9-17)18-12-16(13-18)30-26(37)39-28(3,4)5/h7,10-11,16-18,31H,8-9,12-13H2,1-6H3,(H,30,37). The van der Waals surface area contributed by atoms with Crippen LogP contribution in [0.4, 0.5) is 20.7 Å². The molecule has 0 spiro atoms. The van der Waals surface area contributed by atoms with Crippen LogP contribution in [0.1, 0.15) is 69.7 Å². The number of alkyl carbamates (subject to hydrolysis) is 1. The SMILES string of the molecule is Cc1ccc(Nc2c3c(=O)n(C4CC4)c(=O)n(C4CC(NC(=O)OC(C)(C)C)C4)c3c(C)c(=O)n2C)c(F)c1. The van der Waals surface area contributed by atoms with Crippen molar-refractivity contribution >= 4 is 28.5 Å². The lowest BCUT2D eigenvalue weighted by atomic mass is 9.86. The van der Waals surface area contributed by atoms with E-state index in [-0.39, 0.29) is 46.1 Å². The molecule has 2 saturated carbocycles. The molecule has 5 rings (SSSR count). The second-order valence-electron chi connectivity index (χ2n) is 11.7. The van der Waals surface area contributed by atoms with Crippen LogP contribution < -0.4 is 27.4 Å². The Morgan fingerprint density at radius 1 is 1.03 bits per heavy atom. The van der Waals surface area contributed by atoms with E-state index in [0.717, 1.165) is 5.56 Å². The van der Waals surface area contributed by atoms with Crippen molar-refractivity contribution in [1.29, 1.82) is 0 Å². The van der Waals surface area contributed by atoms with Crippen molar-refractivity contribution in [2.45, 2.75) is 84.0 Å². The Morgan fingerprint density at radius 2 is 1.69 bits per heavy atom. The summed E-state index contributed by atoms with van der Waals surface area (Å²) in [5.74, 6) is -0.402. The lowest BCUT2D eigenvalue weighted by Crippen LogP contribution is -2.51. The van der Waals surface area contributed by atoms with Crippen LogP contribution in [0.25, 0.3) is 10.9 Å². The zero-order chi connectivity index (χ0) is 28.4. The fourth-order valence-corrected chi connectivity index (χ4v) is 5.22. The topological polar surface area (TPSA) is 116 Å². The molecule has 3 aromatic rings. The molecule has 2 aliphatic carbocycles. The number of aromatic nitrogens is 3. The van der Waals surface area contributed by atoms with Crippen LogP contribution in [0.3, 0.4) is 0 Å². The van der Waals surface area contributed by atoms with Crippen LogP contribution >= 0.6 is 0 Å². The number of benzene rings is 1. The van der Waals surface area contributed by atoms with E-state index < -0.39 is 34.3 Å². The molecule has 208 valence electrons. The van der Waals surface area contributed by atoms with E-state index in [9.17, 15) is 23.6 Å². The zero-order valence-electron chi connectivity index (χ0n) is 23.1. The quantitative estimate of drug-likeness (QED) is 0.508. The number of carbonyl (C=O) groups is 1. The van der Waals surface area contributed by atoms with Gasteiger partial charge < -0.3 is 15.4 Å². The van der Waals surface area contributed by atoms with Gasteiger partial charge in [0.15, 0.2) is 0 Å². The number of halogens is 1. The number of ether oxygens (including phenoxy) is 1. The number of hydrogen-bond acceptors (Lipinski definition) is 6. The number of anilines is 2. The van der Waals surface area contributed by atoms with Gasteiger partial charge in [-0.15, -0.1) is 0 Å². The molecular weight excluding hydrogens is 505 g/mol. The fourth-order valence-electron chi connectivity index (χ4n) is 5.22. The minimum atomic E-state index is -0.641. The Labute approximate surface area is 224 Å². The molecule has 1 aromatic carbocycles. The van der Waals surface area contributed by atoms with E-state index in [4.69, 9.17) is 4.74 Å². The van der Waals surface area contributed by atoms with Gasteiger partial charge in [-0.2, -0.15) is 0 Å². The summed E-state index contributed by atoms with van der Waals surface area (Å²) in [5.41, 5.74) is -0.700. The summed E-state index contributed by atoms with van der Waals surface area (Å²) in [6.45, 7) is 8.69. The average molecular weight is 540 g/mol. The maximum Gasteiger partial charge on any atom is 0.407 e. The molecule has 2 fully saturated rings. The number of nitrogens with zero attached hydrogens (tertiary/aromatic N) is 3. The first kappa shape index (κ1) is 26.7. The number of nitrogens with one attached hydrogen (secondary N) is 2. The molecule has 0 atom stereocenters. The highest BCUT2D eigenvalue weighted by Crippen LogP contribution is 2.37. The Morgan fingerprint density at radius 3 is 2.28 bits per heavy atom. The first-order valence-corrected chi connectivity index (χ1v) is 13.2. The largest absolute Gasteiger partial charge is 0.444 e. The van der Waals surface area contributed by atoms with E-state index in [2.05, 4.69) is 10.6 Å². The number of rotatable bonds is 5. The maximum atomic E-state index is 14.8. The minimum absolute atomic E-state index is 0.112. The molecule has 1 amide bonds. The van der Waals surface area contributed by atoms with Gasteiger partial charge in [0.05, 0.1) is 11.2 Å². The first-order valence-electron chi connectivity index (χ1n) is 13.2. The van der Waals surface area contributed by atoms with Crippen molar-refractivity contribution in [2.24, 2.45) is 7.05 Å². The van der Waals surface area contributed by atoms with Crippen molar-refractivity contribution in [3.63, 3.8) is 0 Å². The molecule has 0 bridgehead atoms. The number of pyridine rings is 1. The Bertz CT molecular complexity index is 1670. The van der Waals surface area contributed by atoms with Crippen molar-refractivity contribution < 1.29 is 13.9 Å².